The van der Waals surface area contributed by atoms with Crippen molar-refractivity contribution >= 4 is 29.9 Å². The monoisotopic (exact) mass is 499 g/mol. The Labute approximate surface area is 182 Å². The van der Waals surface area contributed by atoms with Gasteiger partial charge in [-0.25, -0.2) is 4.39 Å². The molecule has 1 fully saturated rings. The van der Waals surface area contributed by atoms with Gasteiger partial charge in [0, 0.05) is 37.2 Å². The van der Waals surface area contributed by atoms with Gasteiger partial charge in [0.05, 0.1) is 14.2 Å². The summed E-state index contributed by atoms with van der Waals surface area (Å²) in [6.45, 7) is 1.29. The van der Waals surface area contributed by atoms with E-state index in [1.807, 2.05) is 24.3 Å². The summed E-state index contributed by atoms with van der Waals surface area (Å²) in [5.41, 5.74) is 2.05. The largest absolute Gasteiger partial charge is 0.497 e. The zero-order valence-electron chi connectivity index (χ0n) is 16.4. The van der Waals surface area contributed by atoms with Crippen molar-refractivity contribution in [2.24, 2.45) is 4.99 Å². The van der Waals surface area contributed by atoms with Crippen LogP contribution in [0.1, 0.15) is 24.0 Å². The fraction of sp³-hybridized carbons (Fsp3) is 0.381. The van der Waals surface area contributed by atoms with Crippen molar-refractivity contribution in [1.82, 2.24) is 10.6 Å². The van der Waals surface area contributed by atoms with Gasteiger partial charge in [-0.2, -0.15) is 0 Å². The molecule has 3 rings (SSSR count). The highest BCUT2D eigenvalue weighted by Gasteiger charge is 2.44. The Morgan fingerprint density at radius 2 is 1.89 bits per heavy atom. The molecular formula is C21H27FIN3O2. The van der Waals surface area contributed by atoms with E-state index >= 15 is 0 Å². The van der Waals surface area contributed by atoms with E-state index < -0.39 is 0 Å². The summed E-state index contributed by atoms with van der Waals surface area (Å²) in [6.07, 6.45) is 2.10. The van der Waals surface area contributed by atoms with Crippen LogP contribution < -0.4 is 20.1 Å². The quantitative estimate of drug-likeness (QED) is 0.345. The highest BCUT2D eigenvalue weighted by atomic mass is 127. The fourth-order valence-electron chi connectivity index (χ4n) is 3.19. The molecular weight excluding hydrogens is 472 g/mol. The van der Waals surface area contributed by atoms with Gasteiger partial charge in [0.25, 0.3) is 0 Å². The van der Waals surface area contributed by atoms with Crippen molar-refractivity contribution in [3.8, 4) is 11.5 Å². The molecule has 0 aromatic heterocycles. The van der Waals surface area contributed by atoms with E-state index in [1.54, 1.807) is 33.4 Å². The minimum absolute atomic E-state index is 0. The molecule has 152 valence electrons. The molecule has 2 aromatic rings. The van der Waals surface area contributed by atoms with Gasteiger partial charge >= 0.3 is 0 Å². The topological polar surface area (TPSA) is 54.9 Å². The number of hydrogen-bond acceptors (Lipinski definition) is 3. The smallest absolute Gasteiger partial charge is 0.191 e. The number of nitrogens with one attached hydrogen (secondary N) is 2. The molecule has 0 bridgehead atoms. The van der Waals surface area contributed by atoms with Crippen LogP contribution in [0.25, 0.3) is 0 Å². The Hall–Kier alpha value is -2.03. The fourth-order valence-corrected chi connectivity index (χ4v) is 3.19. The summed E-state index contributed by atoms with van der Waals surface area (Å²) < 4.78 is 24.2. The van der Waals surface area contributed by atoms with Gasteiger partial charge in [-0.1, -0.05) is 12.1 Å². The first-order valence-electron chi connectivity index (χ1n) is 9.02. The maximum absolute atomic E-state index is 13.5. The molecule has 0 atom stereocenters. The van der Waals surface area contributed by atoms with E-state index in [2.05, 4.69) is 15.6 Å². The number of hydrogen-bond donors (Lipinski definition) is 2. The van der Waals surface area contributed by atoms with Crippen LogP contribution in [0.2, 0.25) is 0 Å². The van der Waals surface area contributed by atoms with Gasteiger partial charge in [0.15, 0.2) is 5.96 Å². The van der Waals surface area contributed by atoms with E-state index in [4.69, 9.17) is 9.47 Å². The third-order valence-corrected chi connectivity index (χ3v) is 5.05. The van der Waals surface area contributed by atoms with Crippen LogP contribution in [0, 0.1) is 5.82 Å². The number of rotatable bonds is 7. The molecule has 0 heterocycles. The lowest BCUT2D eigenvalue weighted by molar-refractivity contribution is 0.390. The number of nitrogens with zero attached hydrogens (tertiary/aromatic N) is 1. The van der Waals surface area contributed by atoms with Crippen LogP contribution in [0.3, 0.4) is 0 Å². The lowest BCUT2D eigenvalue weighted by Crippen LogP contribution is -2.41. The molecule has 7 heteroatoms. The SMILES string of the molecule is CN=C(NCc1ccc(OC)cc1OC)NCC1(c2cccc(F)c2)CC1.I. The Bertz CT molecular complexity index is 825. The molecule has 0 amide bonds. The summed E-state index contributed by atoms with van der Waals surface area (Å²) in [6, 6.07) is 12.6. The molecule has 0 spiro atoms. The molecule has 0 radical (unpaired) electrons. The van der Waals surface area contributed by atoms with Gasteiger partial charge in [0.1, 0.15) is 17.3 Å². The van der Waals surface area contributed by atoms with Crippen molar-refractivity contribution in [2.45, 2.75) is 24.8 Å². The summed E-state index contributed by atoms with van der Waals surface area (Å²) in [7, 11) is 5.01. The second kappa shape index (κ2) is 9.95. The van der Waals surface area contributed by atoms with Crippen molar-refractivity contribution < 1.29 is 13.9 Å². The standard InChI is InChI=1S/C21H26FN3O2.HI/c1-23-20(24-13-15-7-8-18(26-2)12-19(15)27-3)25-14-21(9-10-21)16-5-4-6-17(22)11-16;/h4-8,11-12H,9-10,13-14H2,1-3H3,(H2,23,24,25);1H. The van der Waals surface area contributed by atoms with Gasteiger partial charge in [-0.05, 0) is 42.7 Å². The van der Waals surface area contributed by atoms with Crippen LogP contribution in [-0.4, -0.2) is 33.8 Å². The Kier molecular flexibility index (Phi) is 7.91. The zero-order valence-corrected chi connectivity index (χ0v) is 18.8. The average molecular weight is 499 g/mol. The third kappa shape index (κ3) is 5.27. The summed E-state index contributed by atoms with van der Waals surface area (Å²) >= 11 is 0. The van der Waals surface area contributed by atoms with Crippen LogP contribution in [-0.2, 0) is 12.0 Å². The van der Waals surface area contributed by atoms with E-state index in [9.17, 15) is 4.39 Å². The summed E-state index contributed by atoms with van der Waals surface area (Å²) in [4.78, 5) is 4.29. The van der Waals surface area contributed by atoms with Crippen molar-refractivity contribution in [1.29, 1.82) is 0 Å². The first-order chi connectivity index (χ1) is 13.1. The zero-order chi connectivity index (χ0) is 19.3. The molecule has 0 aliphatic heterocycles. The third-order valence-electron chi connectivity index (χ3n) is 5.05. The lowest BCUT2D eigenvalue weighted by Gasteiger charge is -2.19. The maximum Gasteiger partial charge on any atom is 0.191 e. The molecule has 1 aliphatic carbocycles. The van der Waals surface area contributed by atoms with Crippen LogP contribution in [0.15, 0.2) is 47.5 Å². The predicted octanol–water partition coefficient (Wildman–Crippen LogP) is 3.86. The second-order valence-electron chi connectivity index (χ2n) is 6.75. The van der Waals surface area contributed by atoms with Crippen LogP contribution >= 0.6 is 24.0 Å². The minimum atomic E-state index is -0.187. The van der Waals surface area contributed by atoms with Crippen molar-refractivity contribution in [3.63, 3.8) is 0 Å². The Balaban J connectivity index is 0.00000280. The number of ether oxygens (including phenoxy) is 2. The predicted molar refractivity (Wildman–Crippen MR) is 120 cm³/mol. The van der Waals surface area contributed by atoms with Gasteiger partial charge in [-0.3, -0.25) is 4.99 Å². The van der Waals surface area contributed by atoms with Crippen molar-refractivity contribution in [2.75, 3.05) is 27.8 Å². The minimum Gasteiger partial charge on any atom is -0.497 e. The van der Waals surface area contributed by atoms with E-state index in [1.165, 1.54) is 6.07 Å². The van der Waals surface area contributed by atoms with Gasteiger partial charge in [-0.15, -0.1) is 24.0 Å². The first-order valence-corrected chi connectivity index (χ1v) is 9.02. The molecule has 0 unspecified atom stereocenters. The second-order valence-corrected chi connectivity index (χ2v) is 6.75. The Morgan fingerprint density at radius 1 is 1.11 bits per heavy atom. The van der Waals surface area contributed by atoms with Crippen molar-refractivity contribution in [3.05, 3.63) is 59.4 Å². The van der Waals surface area contributed by atoms with Crippen LogP contribution in [0.5, 0.6) is 11.5 Å². The number of benzene rings is 2. The van der Waals surface area contributed by atoms with Gasteiger partial charge < -0.3 is 20.1 Å². The first kappa shape index (κ1) is 22.3. The van der Waals surface area contributed by atoms with Gasteiger partial charge in [0.2, 0.25) is 0 Å². The van der Waals surface area contributed by atoms with Crippen LogP contribution in [0.4, 0.5) is 4.39 Å². The van der Waals surface area contributed by atoms with E-state index in [0.717, 1.165) is 42.0 Å². The maximum atomic E-state index is 13.5. The molecule has 1 aliphatic rings. The number of aliphatic imine (C=N–C) groups is 1. The summed E-state index contributed by atoms with van der Waals surface area (Å²) in [5.74, 6) is 2.03. The molecule has 28 heavy (non-hydrogen) atoms. The lowest BCUT2D eigenvalue weighted by atomic mass is 9.96. The number of methoxy groups -OCH3 is 2. The molecule has 5 nitrogen and oxygen atoms in total. The number of halogens is 2. The van der Waals surface area contributed by atoms with E-state index in [-0.39, 0.29) is 35.2 Å². The Morgan fingerprint density at radius 3 is 2.50 bits per heavy atom. The highest BCUT2D eigenvalue weighted by Crippen LogP contribution is 2.47. The molecule has 2 aromatic carbocycles. The normalized spacial score (nSPS) is 14.6. The summed E-state index contributed by atoms with van der Waals surface area (Å²) in [5, 5.41) is 6.68. The highest BCUT2D eigenvalue weighted by molar-refractivity contribution is 14.0. The number of guanidine groups is 1. The average Bonchev–Trinajstić information content (AvgIpc) is 3.49. The molecule has 2 N–H and O–H groups in total. The molecule has 0 saturated heterocycles. The molecule has 1 saturated carbocycles. The van der Waals surface area contributed by atoms with E-state index in [0.29, 0.717) is 12.5 Å².